The minimum Gasteiger partial charge on any atom is -0.484 e. The summed E-state index contributed by atoms with van der Waals surface area (Å²) in [6.45, 7) is 4.10. The lowest BCUT2D eigenvalue weighted by Gasteiger charge is -2.24. The monoisotopic (exact) mass is 436 g/mol. The Labute approximate surface area is 186 Å². The molecule has 0 unspecified atom stereocenters. The number of aromatic nitrogens is 2. The number of nitrogens with one attached hydrogen (secondary N) is 1. The Morgan fingerprint density at radius 3 is 2.56 bits per heavy atom. The predicted molar refractivity (Wildman–Crippen MR) is 125 cm³/mol. The maximum Gasteiger partial charge on any atom is 0.330 e. The van der Waals surface area contributed by atoms with Gasteiger partial charge in [0.1, 0.15) is 11.6 Å². The van der Waals surface area contributed by atoms with Crippen LogP contribution < -0.4 is 26.6 Å². The molecule has 32 heavy (non-hydrogen) atoms. The van der Waals surface area contributed by atoms with Crippen molar-refractivity contribution >= 4 is 17.4 Å². The first-order valence-electron chi connectivity index (χ1n) is 10.6. The topological polar surface area (TPSA) is 110 Å². The molecule has 3 N–H and O–H groups in total. The second-order valence-electron chi connectivity index (χ2n) is 7.57. The maximum absolute atomic E-state index is 13.1. The highest BCUT2D eigenvalue weighted by molar-refractivity contribution is 5.96. The summed E-state index contributed by atoms with van der Waals surface area (Å²) in [5.41, 5.74) is 6.77. The number of rotatable bonds is 9. The van der Waals surface area contributed by atoms with Crippen LogP contribution in [-0.2, 0) is 11.3 Å². The van der Waals surface area contributed by atoms with Gasteiger partial charge >= 0.3 is 5.69 Å². The van der Waals surface area contributed by atoms with E-state index in [-0.39, 0.29) is 31.2 Å². The molecule has 0 aliphatic carbocycles. The third kappa shape index (κ3) is 5.46. The number of ether oxygens (including phenoxy) is 1. The van der Waals surface area contributed by atoms with Crippen LogP contribution in [0.25, 0.3) is 0 Å². The molecule has 1 amide bonds. The van der Waals surface area contributed by atoms with Crippen LogP contribution in [0.4, 0.5) is 11.5 Å². The molecule has 0 atom stereocenters. The summed E-state index contributed by atoms with van der Waals surface area (Å²) in [4.78, 5) is 41.9. The zero-order valence-corrected chi connectivity index (χ0v) is 18.3. The van der Waals surface area contributed by atoms with E-state index in [0.29, 0.717) is 12.2 Å². The smallest absolute Gasteiger partial charge is 0.330 e. The first kappa shape index (κ1) is 22.9. The summed E-state index contributed by atoms with van der Waals surface area (Å²) in [5, 5.41) is 0. The van der Waals surface area contributed by atoms with Gasteiger partial charge in [-0.15, -0.1) is 0 Å². The minimum absolute atomic E-state index is 0.0353. The molecule has 8 heteroatoms. The van der Waals surface area contributed by atoms with Gasteiger partial charge in [0.05, 0.1) is 6.54 Å². The molecule has 3 aromatic rings. The quantitative estimate of drug-likeness (QED) is 0.536. The summed E-state index contributed by atoms with van der Waals surface area (Å²) < 4.78 is 6.91. The Balaban J connectivity index is 1.93. The first-order valence-corrected chi connectivity index (χ1v) is 10.6. The molecule has 0 saturated carbocycles. The van der Waals surface area contributed by atoms with Gasteiger partial charge in [0.25, 0.3) is 11.5 Å². The van der Waals surface area contributed by atoms with Crippen LogP contribution in [0, 0.1) is 6.92 Å². The Morgan fingerprint density at radius 1 is 1.12 bits per heavy atom. The zero-order valence-electron chi connectivity index (χ0n) is 18.3. The third-order valence-electron chi connectivity index (χ3n) is 5.06. The largest absolute Gasteiger partial charge is 0.484 e. The summed E-state index contributed by atoms with van der Waals surface area (Å²) in [5.74, 6) is 0.0920. The lowest BCUT2D eigenvalue weighted by molar-refractivity contribution is -0.120. The maximum atomic E-state index is 13.1. The zero-order chi connectivity index (χ0) is 23.1. The fourth-order valence-electron chi connectivity index (χ4n) is 3.37. The number of nitrogens with two attached hydrogens (primary N) is 1. The number of hydrogen-bond donors (Lipinski definition) is 2. The van der Waals surface area contributed by atoms with Crippen LogP contribution in [0.2, 0.25) is 0 Å². The van der Waals surface area contributed by atoms with Crippen LogP contribution in [0.15, 0.2) is 64.2 Å². The molecule has 0 radical (unpaired) electrons. The average Bonchev–Trinajstić information content (AvgIpc) is 2.78. The highest BCUT2D eigenvalue weighted by Crippen LogP contribution is 2.20. The highest BCUT2D eigenvalue weighted by Gasteiger charge is 2.24. The van der Waals surface area contributed by atoms with E-state index in [2.05, 4.69) is 4.98 Å². The van der Waals surface area contributed by atoms with E-state index in [1.54, 1.807) is 6.07 Å². The van der Waals surface area contributed by atoms with Crippen molar-refractivity contribution in [3.63, 3.8) is 0 Å². The van der Waals surface area contributed by atoms with Gasteiger partial charge in [0, 0.05) is 6.54 Å². The molecule has 0 spiro atoms. The number of carbonyl (C=O) groups excluding carboxylic acids is 1. The highest BCUT2D eigenvalue weighted by atomic mass is 16.5. The second kappa shape index (κ2) is 10.5. The Morgan fingerprint density at radius 2 is 1.88 bits per heavy atom. The number of amides is 1. The normalized spacial score (nSPS) is 10.7. The number of carbonyl (C=O) groups is 1. The molecule has 3 rings (SSSR count). The number of anilines is 2. The van der Waals surface area contributed by atoms with Crippen LogP contribution in [0.5, 0.6) is 5.75 Å². The number of H-pyrrole nitrogens is 1. The molecule has 0 saturated heterocycles. The SMILES string of the molecule is CCCCN(C(=O)COc1cccc(C)c1)c1c(N)n(Cc2ccccc2)c(=O)[nH]c1=O. The molecule has 8 nitrogen and oxygen atoms in total. The van der Waals surface area contributed by atoms with Crippen molar-refractivity contribution in [2.45, 2.75) is 33.2 Å². The molecule has 168 valence electrons. The standard InChI is InChI=1S/C24H28N4O4/c1-3-4-13-27(20(29)16-32-19-12-8-9-17(2)14-19)21-22(25)28(24(31)26-23(21)30)15-18-10-6-5-7-11-18/h5-12,14H,3-4,13,15-16,25H2,1-2H3,(H,26,30,31). The van der Waals surface area contributed by atoms with Gasteiger partial charge < -0.3 is 15.4 Å². The summed E-state index contributed by atoms with van der Waals surface area (Å²) >= 11 is 0. The average molecular weight is 437 g/mol. The molecule has 0 bridgehead atoms. The van der Waals surface area contributed by atoms with E-state index in [4.69, 9.17) is 10.5 Å². The lowest BCUT2D eigenvalue weighted by Crippen LogP contribution is -2.43. The predicted octanol–water partition coefficient (Wildman–Crippen LogP) is 2.69. The van der Waals surface area contributed by atoms with Gasteiger partial charge in [-0.3, -0.25) is 19.1 Å². The van der Waals surface area contributed by atoms with Crippen molar-refractivity contribution < 1.29 is 9.53 Å². The second-order valence-corrected chi connectivity index (χ2v) is 7.57. The Kier molecular flexibility index (Phi) is 7.49. The third-order valence-corrected chi connectivity index (χ3v) is 5.06. The molecular formula is C24H28N4O4. The van der Waals surface area contributed by atoms with Gasteiger partial charge in [0.15, 0.2) is 12.3 Å². The first-order chi connectivity index (χ1) is 15.4. The molecule has 2 aromatic carbocycles. The summed E-state index contributed by atoms with van der Waals surface area (Å²) in [6, 6.07) is 16.6. The van der Waals surface area contributed by atoms with E-state index in [1.807, 2.05) is 62.4 Å². The number of aryl methyl sites for hydroxylation is 1. The van der Waals surface area contributed by atoms with E-state index in [0.717, 1.165) is 17.5 Å². The van der Waals surface area contributed by atoms with Gasteiger partial charge in [-0.25, -0.2) is 4.79 Å². The fourth-order valence-corrected chi connectivity index (χ4v) is 3.37. The molecule has 0 fully saturated rings. The van der Waals surface area contributed by atoms with E-state index >= 15 is 0 Å². The van der Waals surface area contributed by atoms with Crippen molar-refractivity contribution in [3.05, 3.63) is 86.6 Å². The summed E-state index contributed by atoms with van der Waals surface area (Å²) in [6.07, 6.45) is 1.47. The number of unbranched alkanes of at least 4 members (excludes halogenated alkanes) is 1. The number of nitrogen functional groups attached to an aromatic ring is 1. The van der Waals surface area contributed by atoms with Gasteiger partial charge in [-0.05, 0) is 36.6 Å². The molecule has 1 heterocycles. The van der Waals surface area contributed by atoms with Gasteiger partial charge in [-0.1, -0.05) is 55.8 Å². The number of hydrogen-bond acceptors (Lipinski definition) is 5. The van der Waals surface area contributed by atoms with Crippen molar-refractivity contribution in [1.29, 1.82) is 0 Å². The van der Waals surface area contributed by atoms with E-state index < -0.39 is 17.2 Å². The van der Waals surface area contributed by atoms with Gasteiger partial charge in [-0.2, -0.15) is 0 Å². The molecule has 0 aliphatic rings. The van der Waals surface area contributed by atoms with Gasteiger partial charge in [0.2, 0.25) is 0 Å². The number of benzene rings is 2. The Bertz CT molecular complexity index is 1180. The van der Waals surface area contributed by atoms with Crippen molar-refractivity contribution in [2.24, 2.45) is 0 Å². The fraction of sp³-hybridized carbons (Fsp3) is 0.292. The van der Waals surface area contributed by atoms with E-state index in [1.165, 1.54) is 9.47 Å². The van der Waals surface area contributed by atoms with Crippen LogP contribution in [0.3, 0.4) is 0 Å². The van der Waals surface area contributed by atoms with Crippen molar-refractivity contribution in [3.8, 4) is 5.75 Å². The van der Waals surface area contributed by atoms with Crippen molar-refractivity contribution in [2.75, 3.05) is 23.8 Å². The van der Waals surface area contributed by atoms with Crippen molar-refractivity contribution in [1.82, 2.24) is 9.55 Å². The number of nitrogens with zero attached hydrogens (tertiary/aromatic N) is 2. The summed E-state index contributed by atoms with van der Waals surface area (Å²) in [7, 11) is 0. The molecule has 1 aromatic heterocycles. The van der Waals surface area contributed by atoms with E-state index in [9.17, 15) is 14.4 Å². The Hall–Kier alpha value is -3.81. The molecule has 0 aliphatic heterocycles. The minimum atomic E-state index is -0.697. The van der Waals surface area contributed by atoms with Crippen LogP contribution in [0.1, 0.15) is 30.9 Å². The molecular weight excluding hydrogens is 408 g/mol. The van der Waals surface area contributed by atoms with Crippen LogP contribution in [-0.4, -0.2) is 28.6 Å². The number of aromatic amines is 1. The van der Waals surface area contributed by atoms with Crippen LogP contribution >= 0.6 is 0 Å². The lowest BCUT2D eigenvalue weighted by atomic mass is 10.2.